The van der Waals surface area contributed by atoms with E-state index in [4.69, 9.17) is 9.88 Å². The van der Waals surface area contributed by atoms with Gasteiger partial charge in [-0.1, -0.05) is 0 Å². The minimum Gasteiger partial charge on any atom is -0.375 e. The van der Waals surface area contributed by atoms with E-state index < -0.39 is 10.0 Å². The van der Waals surface area contributed by atoms with Crippen LogP contribution in [0.5, 0.6) is 0 Å². The highest BCUT2D eigenvalue weighted by Gasteiger charge is 2.30. The molecule has 0 spiro atoms. The quantitative estimate of drug-likeness (QED) is 0.871. The predicted molar refractivity (Wildman–Crippen MR) is 76.2 cm³/mol. The summed E-state index contributed by atoms with van der Waals surface area (Å²) in [6.07, 6.45) is 1.48. The maximum Gasteiger partial charge on any atom is 0.252 e. The van der Waals surface area contributed by atoms with Crippen molar-refractivity contribution in [2.45, 2.75) is 42.5 Å². The second-order valence-electron chi connectivity index (χ2n) is 5.47. The van der Waals surface area contributed by atoms with E-state index in [1.807, 2.05) is 13.8 Å². The van der Waals surface area contributed by atoms with Gasteiger partial charge in [0.05, 0.1) is 11.2 Å². The van der Waals surface area contributed by atoms with Gasteiger partial charge in [-0.3, -0.25) is 4.79 Å². The molecule has 0 aromatic carbocycles. The van der Waals surface area contributed by atoms with Crippen LogP contribution in [0.3, 0.4) is 0 Å². The zero-order valence-electron chi connectivity index (χ0n) is 11.4. The number of nitrogens with one attached hydrogen (secondary N) is 1. The Bertz CT molecular complexity index is 607. The van der Waals surface area contributed by atoms with Gasteiger partial charge in [-0.25, -0.2) is 13.6 Å². The highest BCUT2D eigenvalue weighted by molar-refractivity contribution is 7.91. The molecule has 1 atom stereocenters. The predicted octanol–water partition coefficient (Wildman–Crippen LogP) is 1.08. The molecule has 1 aliphatic heterocycles. The molecular formula is C12H18N2O4S2. The van der Waals surface area contributed by atoms with Gasteiger partial charge in [0.2, 0.25) is 10.0 Å². The van der Waals surface area contributed by atoms with E-state index in [9.17, 15) is 13.2 Å². The fraction of sp³-hybridized carbons (Fsp3) is 0.583. The van der Waals surface area contributed by atoms with Crippen molar-refractivity contribution >= 4 is 27.3 Å². The Kier molecular flexibility index (Phi) is 4.19. The van der Waals surface area contributed by atoms with E-state index in [0.717, 1.165) is 24.2 Å². The number of ether oxygens (including phenoxy) is 1. The first-order valence-electron chi connectivity index (χ1n) is 6.23. The van der Waals surface area contributed by atoms with Gasteiger partial charge in [-0.15, -0.1) is 11.3 Å². The summed E-state index contributed by atoms with van der Waals surface area (Å²) in [6.45, 7) is 4.56. The van der Waals surface area contributed by atoms with Gasteiger partial charge in [0.25, 0.3) is 5.91 Å². The molecule has 6 nitrogen and oxygen atoms in total. The minimum absolute atomic E-state index is 0.00467. The fourth-order valence-electron chi connectivity index (χ4n) is 2.21. The Hall–Kier alpha value is -0.960. The van der Waals surface area contributed by atoms with Gasteiger partial charge in [-0.2, -0.15) is 0 Å². The number of sulfonamides is 1. The Morgan fingerprint density at radius 2 is 2.25 bits per heavy atom. The fourth-order valence-corrected chi connectivity index (χ4v) is 3.79. The molecule has 2 heterocycles. The average Bonchev–Trinajstić information content (AvgIpc) is 2.76. The third-order valence-electron chi connectivity index (χ3n) is 3.15. The number of carbonyl (C=O) groups excluding carboxylic acids is 1. The van der Waals surface area contributed by atoms with Crippen LogP contribution in [0.2, 0.25) is 0 Å². The van der Waals surface area contributed by atoms with Crippen molar-refractivity contribution in [1.82, 2.24) is 5.32 Å². The molecule has 2 rings (SSSR count). The summed E-state index contributed by atoms with van der Waals surface area (Å²) < 4.78 is 27.9. The van der Waals surface area contributed by atoms with E-state index in [-0.39, 0.29) is 21.8 Å². The summed E-state index contributed by atoms with van der Waals surface area (Å²) in [5.41, 5.74) is 0.0691. The summed E-state index contributed by atoms with van der Waals surface area (Å²) in [4.78, 5) is 12.1. The van der Waals surface area contributed by atoms with Gasteiger partial charge in [-0.05, 0) is 32.8 Å². The summed E-state index contributed by atoms with van der Waals surface area (Å²) in [6, 6.07) is 1.34. The Labute approximate surface area is 122 Å². The third-order valence-corrected chi connectivity index (χ3v) is 5.54. The van der Waals surface area contributed by atoms with Crippen molar-refractivity contribution in [3.8, 4) is 0 Å². The molecule has 0 saturated carbocycles. The lowest BCUT2D eigenvalue weighted by molar-refractivity contribution is -0.0615. The molecule has 0 aliphatic carbocycles. The number of rotatable bonds is 3. The smallest absolute Gasteiger partial charge is 0.252 e. The standard InChI is InChI=1S/C12H18N2O4S2/c1-12(2)6-9(3-4-18-12)14-11(15)8-5-10(19-7-8)20(13,16)17/h5,7,9H,3-4,6H2,1-2H3,(H,14,15)(H2,13,16,17). The van der Waals surface area contributed by atoms with E-state index >= 15 is 0 Å². The van der Waals surface area contributed by atoms with Crippen molar-refractivity contribution in [3.05, 3.63) is 17.0 Å². The molecular weight excluding hydrogens is 300 g/mol. The molecule has 1 unspecified atom stereocenters. The number of primary sulfonamides is 1. The van der Waals surface area contributed by atoms with Gasteiger partial charge in [0, 0.05) is 18.0 Å². The largest absolute Gasteiger partial charge is 0.375 e. The van der Waals surface area contributed by atoms with Crippen LogP contribution >= 0.6 is 11.3 Å². The number of carbonyl (C=O) groups is 1. The van der Waals surface area contributed by atoms with Gasteiger partial charge in [0.1, 0.15) is 4.21 Å². The SMILES string of the molecule is CC1(C)CC(NC(=O)c2csc(S(N)(=O)=O)c2)CCO1. The first kappa shape index (κ1) is 15.4. The lowest BCUT2D eigenvalue weighted by Gasteiger charge is -2.35. The van der Waals surface area contributed by atoms with Crippen LogP contribution in [-0.2, 0) is 14.8 Å². The van der Waals surface area contributed by atoms with Crippen LogP contribution in [0, 0.1) is 0 Å². The highest BCUT2D eigenvalue weighted by Crippen LogP contribution is 2.25. The molecule has 1 saturated heterocycles. The van der Waals surface area contributed by atoms with Gasteiger partial charge >= 0.3 is 0 Å². The number of nitrogens with two attached hydrogens (primary N) is 1. The van der Waals surface area contributed by atoms with Crippen molar-refractivity contribution < 1.29 is 17.9 Å². The zero-order chi connectivity index (χ0) is 15.0. The van der Waals surface area contributed by atoms with Crippen LogP contribution in [0.15, 0.2) is 15.7 Å². The lowest BCUT2D eigenvalue weighted by Crippen LogP contribution is -2.45. The normalized spacial score (nSPS) is 22.4. The zero-order valence-corrected chi connectivity index (χ0v) is 13.0. The van der Waals surface area contributed by atoms with Crippen LogP contribution in [0.4, 0.5) is 0 Å². The first-order valence-corrected chi connectivity index (χ1v) is 8.66. The highest BCUT2D eigenvalue weighted by atomic mass is 32.2. The Balaban J connectivity index is 2.03. The lowest BCUT2D eigenvalue weighted by atomic mass is 9.94. The number of hydrogen-bond donors (Lipinski definition) is 2. The molecule has 8 heteroatoms. The third kappa shape index (κ3) is 3.78. The topological polar surface area (TPSA) is 98.5 Å². The summed E-state index contributed by atoms with van der Waals surface area (Å²) >= 11 is 0.948. The molecule has 112 valence electrons. The van der Waals surface area contributed by atoms with Crippen LogP contribution in [0.25, 0.3) is 0 Å². The van der Waals surface area contributed by atoms with Crippen molar-refractivity contribution in [2.24, 2.45) is 5.14 Å². The molecule has 3 N–H and O–H groups in total. The first-order chi connectivity index (χ1) is 9.17. The Morgan fingerprint density at radius 1 is 1.55 bits per heavy atom. The number of amides is 1. The van der Waals surface area contributed by atoms with E-state index in [1.165, 1.54) is 11.4 Å². The second kappa shape index (κ2) is 5.44. The van der Waals surface area contributed by atoms with Gasteiger partial charge < -0.3 is 10.1 Å². The molecule has 0 radical (unpaired) electrons. The van der Waals surface area contributed by atoms with Crippen LogP contribution < -0.4 is 10.5 Å². The maximum absolute atomic E-state index is 12.1. The average molecular weight is 318 g/mol. The molecule has 1 aliphatic rings. The summed E-state index contributed by atoms with van der Waals surface area (Å²) in [7, 11) is -3.75. The molecule has 1 amide bonds. The Morgan fingerprint density at radius 3 is 2.80 bits per heavy atom. The van der Waals surface area contributed by atoms with Crippen molar-refractivity contribution in [1.29, 1.82) is 0 Å². The molecule has 1 aromatic heterocycles. The molecule has 0 bridgehead atoms. The molecule has 1 aromatic rings. The summed E-state index contributed by atoms with van der Waals surface area (Å²) in [5, 5.41) is 9.43. The minimum atomic E-state index is -3.75. The molecule has 20 heavy (non-hydrogen) atoms. The van der Waals surface area contributed by atoms with Crippen molar-refractivity contribution in [2.75, 3.05) is 6.61 Å². The van der Waals surface area contributed by atoms with Crippen LogP contribution in [0.1, 0.15) is 37.0 Å². The van der Waals surface area contributed by atoms with E-state index in [1.54, 1.807) is 0 Å². The van der Waals surface area contributed by atoms with Gasteiger partial charge in [0.15, 0.2) is 0 Å². The number of thiophene rings is 1. The van der Waals surface area contributed by atoms with E-state index in [2.05, 4.69) is 5.32 Å². The monoisotopic (exact) mass is 318 g/mol. The maximum atomic E-state index is 12.1. The second-order valence-corrected chi connectivity index (χ2v) is 8.17. The van der Waals surface area contributed by atoms with E-state index in [0.29, 0.717) is 12.2 Å². The van der Waals surface area contributed by atoms with Crippen LogP contribution in [-0.4, -0.2) is 32.6 Å². The summed E-state index contributed by atoms with van der Waals surface area (Å²) in [5.74, 6) is -0.279. The van der Waals surface area contributed by atoms with Crippen molar-refractivity contribution in [3.63, 3.8) is 0 Å². The molecule has 1 fully saturated rings. The number of hydrogen-bond acceptors (Lipinski definition) is 5.